The molecule has 32 heavy (non-hydrogen) atoms. The van der Waals surface area contributed by atoms with E-state index in [2.05, 4.69) is 17.0 Å². The minimum Gasteiger partial charge on any atom is -0.494 e. The average molecular weight is 446 g/mol. The van der Waals surface area contributed by atoms with Crippen LogP contribution in [0.4, 0.5) is 4.79 Å². The number of likely N-dealkylation sites (tertiary alicyclic amines) is 1. The van der Waals surface area contributed by atoms with Crippen molar-refractivity contribution in [1.29, 1.82) is 0 Å². The normalized spacial score (nSPS) is 21.8. The lowest BCUT2D eigenvalue weighted by Gasteiger charge is -2.31. The first-order chi connectivity index (χ1) is 15.6. The van der Waals surface area contributed by atoms with Gasteiger partial charge < -0.3 is 15.6 Å². The summed E-state index contributed by atoms with van der Waals surface area (Å²) in [5.74, 6) is 0.998. The molecule has 2 aliphatic rings. The summed E-state index contributed by atoms with van der Waals surface area (Å²) in [6, 6.07) is 8.10. The molecule has 3 rings (SSSR count). The summed E-state index contributed by atoms with van der Waals surface area (Å²) in [6.07, 6.45) is 7.64. The number of carboxylic acid groups (broad SMARTS) is 1. The van der Waals surface area contributed by atoms with E-state index in [0.29, 0.717) is 25.5 Å². The molecule has 0 radical (unpaired) electrons. The number of hydrogen-bond acceptors (Lipinski definition) is 5. The van der Waals surface area contributed by atoms with E-state index in [0.717, 1.165) is 56.0 Å². The molecule has 0 aromatic heterocycles. The molecule has 1 heterocycles. The van der Waals surface area contributed by atoms with Gasteiger partial charge in [-0.05, 0) is 81.3 Å². The van der Waals surface area contributed by atoms with Crippen molar-refractivity contribution in [2.24, 2.45) is 17.6 Å². The highest BCUT2D eigenvalue weighted by Crippen LogP contribution is 2.32. The van der Waals surface area contributed by atoms with Crippen molar-refractivity contribution in [3.05, 3.63) is 29.8 Å². The van der Waals surface area contributed by atoms with E-state index in [4.69, 9.17) is 10.5 Å². The zero-order valence-corrected chi connectivity index (χ0v) is 19.2. The second kappa shape index (κ2) is 12.8. The molecule has 178 valence electrons. The summed E-state index contributed by atoms with van der Waals surface area (Å²) in [7, 11) is 0. The summed E-state index contributed by atoms with van der Waals surface area (Å²) in [5, 5.41) is 9.54. The third-order valence-corrected chi connectivity index (χ3v) is 6.89. The molecule has 0 spiro atoms. The predicted molar refractivity (Wildman–Crippen MR) is 125 cm³/mol. The molecule has 2 amide bonds. The van der Waals surface area contributed by atoms with E-state index >= 15 is 0 Å². The molecule has 2 fully saturated rings. The molecular formula is C25H39N3O4. The molecule has 1 aliphatic carbocycles. The minimum atomic E-state index is -1.18. The summed E-state index contributed by atoms with van der Waals surface area (Å²) in [4.78, 5) is 27.8. The number of imide groups is 1. The predicted octanol–water partition coefficient (Wildman–Crippen LogP) is 4.10. The van der Waals surface area contributed by atoms with Crippen LogP contribution in [0.25, 0.3) is 0 Å². The number of benzene rings is 1. The lowest BCUT2D eigenvalue weighted by molar-refractivity contribution is -0.130. The Labute approximate surface area is 191 Å². The maximum absolute atomic E-state index is 12.7. The van der Waals surface area contributed by atoms with Crippen LogP contribution in [0.15, 0.2) is 24.3 Å². The van der Waals surface area contributed by atoms with Gasteiger partial charge in [0.25, 0.3) is 0 Å². The topological polar surface area (TPSA) is 96.1 Å². The summed E-state index contributed by atoms with van der Waals surface area (Å²) >= 11 is 0. The third kappa shape index (κ3) is 7.48. The Morgan fingerprint density at radius 1 is 1.09 bits per heavy atom. The SMILES string of the molecule is NCC1CCCCC1CC(=O)N(CCCOc1cccc(CN2CCCCC2)c1)C(=O)O. The van der Waals surface area contributed by atoms with E-state index in [1.54, 1.807) is 0 Å². The van der Waals surface area contributed by atoms with Crippen LogP contribution in [0.2, 0.25) is 0 Å². The lowest BCUT2D eigenvalue weighted by Crippen LogP contribution is -2.39. The minimum absolute atomic E-state index is 0.154. The van der Waals surface area contributed by atoms with Gasteiger partial charge in [0.05, 0.1) is 6.61 Å². The largest absolute Gasteiger partial charge is 0.494 e. The lowest BCUT2D eigenvalue weighted by atomic mass is 9.77. The number of piperidine rings is 1. The smallest absolute Gasteiger partial charge is 0.414 e. The Morgan fingerprint density at radius 2 is 1.84 bits per heavy atom. The second-order valence-corrected chi connectivity index (χ2v) is 9.26. The maximum atomic E-state index is 12.7. The number of ether oxygens (including phenoxy) is 1. The van der Waals surface area contributed by atoms with Gasteiger partial charge >= 0.3 is 6.09 Å². The first-order valence-corrected chi connectivity index (χ1v) is 12.2. The fraction of sp³-hybridized carbons (Fsp3) is 0.680. The van der Waals surface area contributed by atoms with Crippen LogP contribution >= 0.6 is 0 Å². The molecule has 7 heteroatoms. The van der Waals surface area contributed by atoms with Gasteiger partial charge in [-0.1, -0.05) is 31.4 Å². The highest BCUT2D eigenvalue weighted by atomic mass is 16.5. The van der Waals surface area contributed by atoms with Crippen molar-refractivity contribution in [2.45, 2.75) is 64.3 Å². The number of carbonyl (C=O) groups excluding carboxylic acids is 1. The van der Waals surface area contributed by atoms with Crippen LogP contribution in [-0.4, -0.2) is 59.7 Å². The Morgan fingerprint density at radius 3 is 2.56 bits per heavy atom. The standard InChI is InChI=1S/C25H39N3O4/c26-18-22-10-3-2-9-21(22)17-24(29)28(25(30)31)14-7-15-32-23-11-6-8-20(16-23)19-27-12-4-1-5-13-27/h6,8,11,16,21-22H,1-5,7,9-10,12-15,17-19,26H2,(H,30,31). The Hall–Kier alpha value is -2.12. The van der Waals surface area contributed by atoms with Gasteiger partial charge in [0.15, 0.2) is 0 Å². The number of carbonyl (C=O) groups is 2. The van der Waals surface area contributed by atoms with Crippen LogP contribution < -0.4 is 10.5 Å². The second-order valence-electron chi connectivity index (χ2n) is 9.26. The first-order valence-electron chi connectivity index (χ1n) is 12.2. The van der Waals surface area contributed by atoms with Gasteiger partial charge in [-0.25, -0.2) is 9.69 Å². The highest BCUT2D eigenvalue weighted by Gasteiger charge is 2.29. The fourth-order valence-electron chi connectivity index (χ4n) is 5.05. The number of hydrogen-bond donors (Lipinski definition) is 2. The first kappa shape index (κ1) is 24.5. The monoisotopic (exact) mass is 445 g/mol. The summed E-state index contributed by atoms with van der Waals surface area (Å²) < 4.78 is 5.86. The van der Waals surface area contributed by atoms with Crippen LogP contribution in [0.3, 0.4) is 0 Å². The van der Waals surface area contributed by atoms with Gasteiger partial charge in [-0.3, -0.25) is 9.69 Å². The molecule has 7 nitrogen and oxygen atoms in total. The zero-order chi connectivity index (χ0) is 22.8. The Bertz CT molecular complexity index is 736. The maximum Gasteiger partial charge on any atom is 0.414 e. The molecule has 1 aromatic carbocycles. The zero-order valence-electron chi connectivity index (χ0n) is 19.2. The van der Waals surface area contributed by atoms with Crippen molar-refractivity contribution in [3.63, 3.8) is 0 Å². The Kier molecular flexibility index (Phi) is 9.81. The highest BCUT2D eigenvalue weighted by molar-refractivity contribution is 5.91. The van der Waals surface area contributed by atoms with Crippen molar-refractivity contribution in [1.82, 2.24) is 9.80 Å². The van der Waals surface area contributed by atoms with Crippen molar-refractivity contribution in [2.75, 3.05) is 32.8 Å². The quantitative estimate of drug-likeness (QED) is 0.526. The van der Waals surface area contributed by atoms with Crippen LogP contribution in [0, 0.1) is 11.8 Å². The molecule has 3 N–H and O–H groups in total. The number of nitrogens with two attached hydrogens (primary N) is 1. The Balaban J connectivity index is 1.43. The van der Waals surface area contributed by atoms with Crippen molar-refractivity contribution >= 4 is 12.0 Å². The van der Waals surface area contributed by atoms with Gasteiger partial charge in [0.1, 0.15) is 5.75 Å². The van der Waals surface area contributed by atoms with Crippen molar-refractivity contribution < 1.29 is 19.4 Å². The molecule has 2 unspecified atom stereocenters. The van der Waals surface area contributed by atoms with Crippen LogP contribution in [0.5, 0.6) is 5.75 Å². The van der Waals surface area contributed by atoms with E-state index in [-0.39, 0.29) is 24.8 Å². The van der Waals surface area contributed by atoms with E-state index in [9.17, 15) is 14.7 Å². The molecule has 1 aliphatic heterocycles. The molecule has 1 saturated carbocycles. The molecular weight excluding hydrogens is 406 g/mol. The number of nitrogens with zero attached hydrogens (tertiary/aromatic N) is 2. The van der Waals surface area contributed by atoms with Gasteiger partial charge in [-0.15, -0.1) is 0 Å². The summed E-state index contributed by atoms with van der Waals surface area (Å²) in [5.41, 5.74) is 7.09. The van der Waals surface area contributed by atoms with Crippen LogP contribution in [-0.2, 0) is 11.3 Å². The third-order valence-electron chi connectivity index (χ3n) is 6.89. The van der Waals surface area contributed by atoms with Gasteiger partial charge in [-0.2, -0.15) is 0 Å². The fourth-order valence-corrected chi connectivity index (χ4v) is 5.05. The molecule has 2 atom stereocenters. The van der Waals surface area contributed by atoms with Crippen molar-refractivity contribution in [3.8, 4) is 5.75 Å². The van der Waals surface area contributed by atoms with E-state index in [1.807, 2.05) is 12.1 Å². The molecule has 1 saturated heterocycles. The van der Waals surface area contributed by atoms with Crippen LogP contribution in [0.1, 0.15) is 63.4 Å². The number of amides is 2. The molecule has 0 bridgehead atoms. The summed E-state index contributed by atoms with van der Waals surface area (Å²) in [6.45, 7) is 4.33. The molecule has 1 aromatic rings. The average Bonchev–Trinajstić information content (AvgIpc) is 2.80. The van der Waals surface area contributed by atoms with Gasteiger partial charge in [0, 0.05) is 19.5 Å². The number of rotatable bonds is 10. The van der Waals surface area contributed by atoms with Gasteiger partial charge in [0.2, 0.25) is 5.91 Å². The van der Waals surface area contributed by atoms with E-state index < -0.39 is 6.09 Å². The van der Waals surface area contributed by atoms with E-state index in [1.165, 1.54) is 24.8 Å².